The Kier molecular flexibility index (Phi) is 8.92. The molecule has 1 aliphatic carbocycles. The second-order valence-electron chi connectivity index (χ2n) is 15.7. The van der Waals surface area contributed by atoms with Crippen LogP contribution in [0.4, 0.5) is 17.1 Å². The first-order valence-electron chi connectivity index (χ1n) is 20.2. The molecule has 9 aromatic carbocycles. The molecule has 0 heterocycles. The van der Waals surface area contributed by atoms with Crippen LogP contribution in [0.15, 0.2) is 224 Å². The number of hydrogen-bond donors (Lipinski definition) is 0. The highest BCUT2D eigenvalue weighted by Crippen LogP contribution is 2.53. The van der Waals surface area contributed by atoms with Gasteiger partial charge < -0.3 is 4.90 Å². The predicted molar refractivity (Wildman–Crippen MR) is 246 cm³/mol. The highest BCUT2D eigenvalue weighted by molar-refractivity contribution is 6.01. The Balaban J connectivity index is 1.22. The Morgan fingerprint density at radius 1 is 0.293 bits per heavy atom. The zero-order chi connectivity index (χ0) is 39.1. The van der Waals surface area contributed by atoms with Crippen LogP contribution in [0.3, 0.4) is 0 Å². The molecule has 0 saturated heterocycles. The summed E-state index contributed by atoms with van der Waals surface area (Å²) in [5, 5.41) is 0. The molecule has 10 rings (SSSR count). The van der Waals surface area contributed by atoms with Gasteiger partial charge in [0.05, 0.1) is 5.69 Å². The van der Waals surface area contributed by atoms with E-state index in [9.17, 15) is 0 Å². The Morgan fingerprint density at radius 3 is 1.36 bits per heavy atom. The molecule has 0 amide bonds. The summed E-state index contributed by atoms with van der Waals surface area (Å²) in [6.45, 7) is 4.73. The summed E-state index contributed by atoms with van der Waals surface area (Å²) in [7, 11) is 0. The summed E-state index contributed by atoms with van der Waals surface area (Å²) in [6.07, 6.45) is 0. The maximum Gasteiger partial charge on any atom is 0.0546 e. The van der Waals surface area contributed by atoms with Gasteiger partial charge in [0.2, 0.25) is 0 Å². The minimum Gasteiger partial charge on any atom is -0.310 e. The number of fused-ring (bicyclic) bond motifs is 3. The van der Waals surface area contributed by atoms with Crippen molar-refractivity contribution in [2.45, 2.75) is 19.3 Å². The summed E-state index contributed by atoms with van der Waals surface area (Å²) in [6, 6.07) is 81.9. The molecule has 0 atom stereocenters. The van der Waals surface area contributed by atoms with Gasteiger partial charge in [0, 0.05) is 22.4 Å². The van der Waals surface area contributed by atoms with Gasteiger partial charge in [-0.25, -0.2) is 0 Å². The van der Waals surface area contributed by atoms with Crippen molar-refractivity contribution in [2.24, 2.45) is 0 Å². The first kappa shape index (κ1) is 35.2. The summed E-state index contributed by atoms with van der Waals surface area (Å²) in [5.41, 5.74) is 20.5. The number of anilines is 3. The van der Waals surface area contributed by atoms with Crippen molar-refractivity contribution in [1.29, 1.82) is 0 Å². The van der Waals surface area contributed by atoms with Crippen LogP contribution in [0.25, 0.3) is 66.8 Å². The van der Waals surface area contributed by atoms with E-state index in [1.807, 2.05) is 0 Å². The van der Waals surface area contributed by atoms with Crippen LogP contribution in [0.1, 0.15) is 25.0 Å². The van der Waals surface area contributed by atoms with Crippen molar-refractivity contribution in [3.8, 4) is 66.8 Å². The molecule has 0 saturated carbocycles. The van der Waals surface area contributed by atoms with Crippen molar-refractivity contribution in [1.82, 2.24) is 0 Å². The molecule has 0 fully saturated rings. The first-order valence-corrected chi connectivity index (χ1v) is 20.2. The van der Waals surface area contributed by atoms with Crippen LogP contribution < -0.4 is 4.90 Å². The molecule has 1 heteroatoms. The largest absolute Gasteiger partial charge is 0.310 e. The van der Waals surface area contributed by atoms with Gasteiger partial charge in [0.15, 0.2) is 0 Å². The van der Waals surface area contributed by atoms with E-state index in [-0.39, 0.29) is 5.41 Å². The van der Waals surface area contributed by atoms with Gasteiger partial charge in [-0.2, -0.15) is 0 Å². The molecule has 1 nitrogen and oxygen atoms in total. The standard InChI is InChI=1S/C57H43N/c1-57(2)53-27-15-14-24-50(53)51-38-37-47(39-54(51)57)58(46-35-33-43(34-36-46)41-19-8-4-9-20-41)55-28-16-26-49(45-31-29-42(30-32-45)40-17-6-3-7-18-40)56(55)52-25-13-12-23-48(52)44-21-10-5-11-22-44/h3-39H,1-2H3. The molecule has 276 valence electrons. The fraction of sp³-hybridized carbons (Fsp3) is 0.0526. The summed E-state index contributed by atoms with van der Waals surface area (Å²) >= 11 is 0. The molecule has 0 spiro atoms. The van der Waals surface area contributed by atoms with Crippen LogP contribution in [0, 0.1) is 0 Å². The Morgan fingerprint density at radius 2 is 0.724 bits per heavy atom. The average Bonchev–Trinajstić information content (AvgIpc) is 3.53. The summed E-state index contributed by atoms with van der Waals surface area (Å²) in [5.74, 6) is 0. The van der Waals surface area contributed by atoms with Crippen molar-refractivity contribution in [2.75, 3.05) is 4.90 Å². The zero-order valence-electron chi connectivity index (χ0n) is 32.8. The van der Waals surface area contributed by atoms with Gasteiger partial charge in [-0.05, 0) is 103 Å². The third-order valence-corrected chi connectivity index (χ3v) is 11.9. The second kappa shape index (κ2) is 14.7. The Bertz CT molecular complexity index is 2870. The molecule has 0 bridgehead atoms. The summed E-state index contributed by atoms with van der Waals surface area (Å²) in [4.78, 5) is 2.48. The second-order valence-corrected chi connectivity index (χ2v) is 15.7. The molecule has 0 radical (unpaired) electrons. The highest BCUT2D eigenvalue weighted by atomic mass is 15.1. The topological polar surface area (TPSA) is 3.24 Å². The van der Waals surface area contributed by atoms with Gasteiger partial charge in [-0.1, -0.05) is 208 Å². The van der Waals surface area contributed by atoms with E-state index in [1.165, 1.54) is 77.9 Å². The Labute approximate surface area is 342 Å². The van der Waals surface area contributed by atoms with Crippen molar-refractivity contribution >= 4 is 17.1 Å². The van der Waals surface area contributed by atoms with E-state index in [1.54, 1.807) is 0 Å². The number of hydrogen-bond acceptors (Lipinski definition) is 1. The lowest BCUT2D eigenvalue weighted by molar-refractivity contribution is 0.660. The zero-order valence-corrected chi connectivity index (χ0v) is 32.8. The highest BCUT2D eigenvalue weighted by Gasteiger charge is 2.36. The number of benzene rings is 9. The van der Waals surface area contributed by atoms with Gasteiger partial charge in [-0.15, -0.1) is 0 Å². The molecule has 0 unspecified atom stereocenters. The van der Waals surface area contributed by atoms with E-state index in [4.69, 9.17) is 0 Å². The molecule has 0 aromatic heterocycles. The van der Waals surface area contributed by atoms with Crippen molar-refractivity contribution in [3.05, 3.63) is 236 Å². The van der Waals surface area contributed by atoms with Crippen LogP contribution in [-0.2, 0) is 5.41 Å². The molecule has 0 aliphatic heterocycles. The third kappa shape index (κ3) is 6.22. The fourth-order valence-corrected chi connectivity index (χ4v) is 8.99. The molecule has 1 aliphatic rings. The van der Waals surface area contributed by atoms with E-state index in [0.29, 0.717) is 0 Å². The van der Waals surface area contributed by atoms with Crippen LogP contribution >= 0.6 is 0 Å². The van der Waals surface area contributed by atoms with Gasteiger partial charge in [-0.3, -0.25) is 0 Å². The Hall–Kier alpha value is -7.22. The van der Waals surface area contributed by atoms with Crippen LogP contribution in [0.2, 0.25) is 0 Å². The number of rotatable bonds is 8. The smallest absolute Gasteiger partial charge is 0.0546 e. The lowest BCUT2D eigenvalue weighted by Crippen LogP contribution is -2.17. The lowest BCUT2D eigenvalue weighted by Gasteiger charge is -2.31. The molecular formula is C57H43N. The molecule has 0 N–H and O–H groups in total. The van der Waals surface area contributed by atoms with Crippen LogP contribution in [0.5, 0.6) is 0 Å². The normalized spacial score (nSPS) is 12.4. The van der Waals surface area contributed by atoms with Crippen LogP contribution in [-0.4, -0.2) is 0 Å². The maximum absolute atomic E-state index is 2.48. The van der Waals surface area contributed by atoms with Gasteiger partial charge in [0.25, 0.3) is 0 Å². The minimum absolute atomic E-state index is 0.143. The summed E-state index contributed by atoms with van der Waals surface area (Å²) < 4.78 is 0. The molecular weight excluding hydrogens is 699 g/mol. The quantitative estimate of drug-likeness (QED) is 0.150. The van der Waals surface area contributed by atoms with E-state index in [0.717, 1.165) is 17.1 Å². The predicted octanol–water partition coefficient (Wildman–Crippen LogP) is 15.8. The molecule has 58 heavy (non-hydrogen) atoms. The van der Waals surface area contributed by atoms with Gasteiger partial charge in [0.1, 0.15) is 0 Å². The third-order valence-electron chi connectivity index (χ3n) is 11.9. The van der Waals surface area contributed by atoms with Crippen molar-refractivity contribution in [3.63, 3.8) is 0 Å². The van der Waals surface area contributed by atoms with Gasteiger partial charge >= 0.3 is 0 Å². The monoisotopic (exact) mass is 741 g/mol. The fourth-order valence-electron chi connectivity index (χ4n) is 8.99. The van der Waals surface area contributed by atoms with Crippen molar-refractivity contribution < 1.29 is 0 Å². The average molecular weight is 742 g/mol. The molecule has 9 aromatic rings. The SMILES string of the molecule is CC1(C)c2ccccc2-c2ccc(N(c3ccc(-c4ccccc4)cc3)c3cccc(-c4ccc(-c5ccccc5)cc4)c3-c3ccccc3-c3ccccc3)cc21. The number of nitrogens with zero attached hydrogens (tertiary/aromatic N) is 1. The maximum atomic E-state index is 2.48. The van der Waals surface area contributed by atoms with E-state index >= 15 is 0 Å². The minimum atomic E-state index is -0.143. The lowest BCUT2D eigenvalue weighted by atomic mass is 9.82. The first-order chi connectivity index (χ1) is 28.5. The van der Waals surface area contributed by atoms with E-state index in [2.05, 4.69) is 243 Å². The van der Waals surface area contributed by atoms with E-state index < -0.39 is 0 Å².